The van der Waals surface area contributed by atoms with Crippen LogP contribution in [0.2, 0.25) is 0 Å². The lowest BCUT2D eigenvalue weighted by Crippen LogP contribution is -2.40. The first kappa shape index (κ1) is 14.7. The number of carbonyl (C=O) groups excluding carboxylic acids is 1. The van der Waals surface area contributed by atoms with Gasteiger partial charge in [-0.15, -0.1) is 0 Å². The van der Waals surface area contributed by atoms with Gasteiger partial charge in [0.15, 0.2) is 0 Å². The van der Waals surface area contributed by atoms with E-state index in [4.69, 9.17) is 4.74 Å². The number of carbonyl (C=O) groups is 1. The Morgan fingerprint density at radius 3 is 2.60 bits per heavy atom. The number of phenolic OH excluding ortho intramolecular Hbond substituents is 1. The molecule has 1 aromatic carbocycles. The minimum atomic E-state index is -0.456. The summed E-state index contributed by atoms with van der Waals surface area (Å²) in [7, 11) is 0. The van der Waals surface area contributed by atoms with Gasteiger partial charge in [-0.05, 0) is 57.7 Å². The second-order valence-electron chi connectivity index (χ2n) is 6.34. The SMILES string of the molecule is CC(C)(C)OC(=O)N1CCCC1Cc1ccc(O)cc1. The van der Waals surface area contributed by atoms with Crippen molar-refractivity contribution < 1.29 is 14.6 Å². The number of phenols is 1. The fourth-order valence-corrected chi connectivity index (χ4v) is 2.51. The minimum Gasteiger partial charge on any atom is -0.508 e. The maximum absolute atomic E-state index is 12.2. The summed E-state index contributed by atoms with van der Waals surface area (Å²) in [5.74, 6) is 0.268. The van der Waals surface area contributed by atoms with E-state index in [0.29, 0.717) is 0 Å². The molecule has 1 heterocycles. The number of hydrogen-bond acceptors (Lipinski definition) is 3. The van der Waals surface area contributed by atoms with Gasteiger partial charge in [0.2, 0.25) is 0 Å². The third-order valence-corrected chi connectivity index (χ3v) is 3.41. The molecule has 1 aliphatic rings. The first-order valence-electron chi connectivity index (χ1n) is 7.13. The van der Waals surface area contributed by atoms with Gasteiger partial charge >= 0.3 is 6.09 Å². The number of nitrogens with zero attached hydrogens (tertiary/aromatic N) is 1. The summed E-state index contributed by atoms with van der Waals surface area (Å²) >= 11 is 0. The first-order chi connectivity index (χ1) is 9.35. The molecule has 1 aliphatic heterocycles. The molecule has 1 amide bonds. The minimum absolute atomic E-state index is 0.189. The maximum Gasteiger partial charge on any atom is 0.410 e. The predicted octanol–water partition coefficient (Wildman–Crippen LogP) is 3.33. The van der Waals surface area contributed by atoms with E-state index in [1.54, 1.807) is 12.1 Å². The molecule has 0 radical (unpaired) electrons. The second kappa shape index (κ2) is 5.73. The molecular formula is C16H23NO3. The molecule has 2 rings (SSSR count). The van der Waals surface area contributed by atoms with Gasteiger partial charge in [0.1, 0.15) is 11.4 Å². The first-order valence-corrected chi connectivity index (χ1v) is 7.13. The third-order valence-electron chi connectivity index (χ3n) is 3.41. The molecule has 0 saturated carbocycles. The van der Waals surface area contributed by atoms with Crippen LogP contribution in [0.4, 0.5) is 4.79 Å². The molecule has 0 aromatic heterocycles. The van der Waals surface area contributed by atoms with Crippen molar-refractivity contribution in [2.24, 2.45) is 0 Å². The second-order valence-corrected chi connectivity index (χ2v) is 6.34. The van der Waals surface area contributed by atoms with Gasteiger partial charge in [0.05, 0.1) is 0 Å². The lowest BCUT2D eigenvalue weighted by molar-refractivity contribution is 0.0227. The van der Waals surface area contributed by atoms with E-state index in [1.807, 2.05) is 37.8 Å². The molecule has 1 saturated heterocycles. The molecule has 0 spiro atoms. The Bertz CT molecular complexity index is 462. The average Bonchev–Trinajstić information content (AvgIpc) is 2.78. The van der Waals surface area contributed by atoms with Crippen LogP contribution in [0.5, 0.6) is 5.75 Å². The molecule has 0 bridgehead atoms. The van der Waals surface area contributed by atoms with E-state index in [0.717, 1.165) is 31.4 Å². The third kappa shape index (κ3) is 3.89. The summed E-state index contributed by atoms with van der Waals surface area (Å²) in [5.41, 5.74) is 0.672. The molecule has 1 unspecified atom stereocenters. The molecule has 0 aliphatic carbocycles. The van der Waals surface area contributed by atoms with Crippen LogP contribution in [0.15, 0.2) is 24.3 Å². The Kier molecular flexibility index (Phi) is 4.21. The van der Waals surface area contributed by atoms with Gasteiger partial charge < -0.3 is 14.7 Å². The fraction of sp³-hybridized carbons (Fsp3) is 0.562. The fourth-order valence-electron chi connectivity index (χ4n) is 2.51. The van der Waals surface area contributed by atoms with Crippen molar-refractivity contribution in [3.63, 3.8) is 0 Å². The molecule has 1 atom stereocenters. The molecule has 4 heteroatoms. The number of amides is 1. The highest BCUT2D eigenvalue weighted by molar-refractivity contribution is 5.69. The standard InChI is InChI=1S/C16H23NO3/c1-16(2,3)20-15(19)17-10-4-5-13(17)11-12-6-8-14(18)9-7-12/h6-9,13,18H,4-5,10-11H2,1-3H3. The van der Waals surface area contributed by atoms with Gasteiger partial charge in [0, 0.05) is 12.6 Å². The van der Waals surface area contributed by atoms with Crippen LogP contribution in [0, 0.1) is 0 Å². The van der Waals surface area contributed by atoms with Crippen LogP contribution in [0.25, 0.3) is 0 Å². The summed E-state index contributed by atoms with van der Waals surface area (Å²) in [6, 6.07) is 7.36. The van der Waals surface area contributed by atoms with Crippen LogP contribution in [-0.2, 0) is 11.2 Å². The number of likely N-dealkylation sites (tertiary alicyclic amines) is 1. The lowest BCUT2D eigenvalue weighted by Gasteiger charge is -2.28. The predicted molar refractivity (Wildman–Crippen MR) is 77.8 cm³/mol. The van der Waals surface area contributed by atoms with Crippen molar-refractivity contribution >= 4 is 6.09 Å². The number of ether oxygens (including phenoxy) is 1. The quantitative estimate of drug-likeness (QED) is 0.902. The van der Waals surface area contributed by atoms with E-state index >= 15 is 0 Å². The summed E-state index contributed by atoms with van der Waals surface area (Å²) < 4.78 is 5.46. The van der Waals surface area contributed by atoms with Gasteiger partial charge in [-0.1, -0.05) is 12.1 Å². The highest BCUT2D eigenvalue weighted by Gasteiger charge is 2.32. The zero-order valence-corrected chi connectivity index (χ0v) is 12.4. The molecule has 1 N–H and O–H groups in total. The van der Waals surface area contributed by atoms with Gasteiger partial charge in [-0.25, -0.2) is 4.79 Å². The molecule has 20 heavy (non-hydrogen) atoms. The van der Waals surface area contributed by atoms with Gasteiger partial charge in [-0.2, -0.15) is 0 Å². The summed E-state index contributed by atoms with van der Waals surface area (Å²) in [4.78, 5) is 14.0. The highest BCUT2D eigenvalue weighted by atomic mass is 16.6. The number of hydrogen-bond donors (Lipinski definition) is 1. The van der Waals surface area contributed by atoms with E-state index in [-0.39, 0.29) is 17.9 Å². The van der Waals surface area contributed by atoms with Crippen LogP contribution in [-0.4, -0.2) is 34.3 Å². The van der Waals surface area contributed by atoms with Crippen molar-refractivity contribution in [2.45, 2.75) is 51.7 Å². The number of rotatable bonds is 2. The van der Waals surface area contributed by atoms with Crippen molar-refractivity contribution in [1.82, 2.24) is 4.90 Å². The van der Waals surface area contributed by atoms with E-state index in [1.165, 1.54) is 0 Å². The number of benzene rings is 1. The molecule has 1 aromatic rings. The Labute approximate surface area is 120 Å². The zero-order chi connectivity index (χ0) is 14.8. The van der Waals surface area contributed by atoms with Crippen molar-refractivity contribution in [2.75, 3.05) is 6.54 Å². The Morgan fingerprint density at radius 1 is 1.35 bits per heavy atom. The van der Waals surface area contributed by atoms with E-state index in [9.17, 15) is 9.90 Å². The Hall–Kier alpha value is -1.71. The summed E-state index contributed by atoms with van der Waals surface area (Å²) in [6.45, 7) is 6.42. The van der Waals surface area contributed by atoms with Crippen LogP contribution in [0.1, 0.15) is 39.2 Å². The van der Waals surface area contributed by atoms with Crippen LogP contribution < -0.4 is 0 Å². The Balaban J connectivity index is 2.00. The molecule has 1 fully saturated rings. The van der Waals surface area contributed by atoms with Gasteiger partial charge in [0.25, 0.3) is 0 Å². The topological polar surface area (TPSA) is 49.8 Å². The molecule has 110 valence electrons. The van der Waals surface area contributed by atoms with E-state index in [2.05, 4.69) is 0 Å². The smallest absolute Gasteiger partial charge is 0.410 e. The van der Waals surface area contributed by atoms with Crippen LogP contribution >= 0.6 is 0 Å². The monoisotopic (exact) mass is 277 g/mol. The summed E-state index contributed by atoms with van der Waals surface area (Å²) in [5, 5.41) is 9.30. The maximum atomic E-state index is 12.2. The van der Waals surface area contributed by atoms with E-state index < -0.39 is 5.60 Å². The van der Waals surface area contributed by atoms with Crippen molar-refractivity contribution in [1.29, 1.82) is 0 Å². The van der Waals surface area contributed by atoms with Crippen molar-refractivity contribution in [3.8, 4) is 5.75 Å². The Morgan fingerprint density at radius 2 is 2.00 bits per heavy atom. The van der Waals surface area contributed by atoms with Crippen molar-refractivity contribution in [3.05, 3.63) is 29.8 Å². The highest BCUT2D eigenvalue weighted by Crippen LogP contribution is 2.24. The average molecular weight is 277 g/mol. The lowest BCUT2D eigenvalue weighted by atomic mass is 10.0. The van der Waals surface area contributed by atoms with Crippen LogP contribution in [0.3, 0.4) is 0 Å². The molecular weight excluding hydrogens is 254 g/mol. The summed E-state index contributed by atoms with van der Waals surface area (Å²) in [6.07, 6.45) is 2.60. The normalized spacial score (nSPS) is 19.1. The number of aromatic hydroxyl groups is 1. The zero-order valence-electron chi connectivity index (χ0n) is 12.4. The largest absolute Gasteiger partial charge is 0.508 e. The molecule has 4 nitrogen and oxygen atoms in total. The van der Waals surface area contributed by atoms with Gasteiger partial charge in [-0.3, -0.25) is 0 Å².